The Morgan fingerprint density at radius 3 is 2.63 bits per heavy atom. The van der Waals surface area contributed by atoms with E-state index < -0.39 is 5.97 Å². The van der Waals surface area contributed by atoms with Gasteiger partial charge in [-0.1, -0.05) is 29.8 Å². The molecule has 3 aromatic rings. The van der Waals surface area contributed by atoms with Crippen LogP contribution in [0.25, 0.3) is 0 Å². The van der Waals surface area contributed by atoms with Crippen molar-refractivity contribution in [3.05, 3.63) is 70.2 Å². The van der Waals surface area contributed by atoms with E-state index in [4.69, 9.17) is 22.1 Å². The van der Waals surface area contributed by atoms with E-state index in [0.29, 0.717) is 27.1 Å². The average Bonchev–Trinajstić information content (AvgIpc) is 3.11. The van der Waals surface area contributed by atoms with Crippen molar-refractivity contribution in [2.24, 2.45) is 0 Å². The molecule has 1 aromatic heterocycles. The van der Waals surface area contributed by atoms with Crippen LogP contribution in [0, 0.1) is 0 Å². The maximum atomic E-state index is 12.1. The number of amides is 1. The minimum Gasteiger partial charge on any atom is -0.456 e. The summed E-state index contributed by atoms with van der Waals surface area (Å²) in [6.45, 7) is 1.46. The van der Waals surface area contributed by atoms with E-state index in [-0.39, 0.29) is 12.5 Å². The highest BCUT2D eigenvalue weighted by atomic mass is 35.5. The quantitative estimate of drug-likeness (QED) is 0.505. The number of ether oxygens (including phenoxy) is 1. The lowest BCUT2D eigenvalue weighted by molar-refractivity contribution is -0.115. The predicted octanol–water partition coefficient (Wildman–Crippen LogP) is 4.42. The molecule has 0 atom stereocenters. The zero-order valence-electron chi connectivity index (χ0n) is 14.4. The largest absolute Gasteiger partial charge is 0.456 e. The Hall–Kier alpha value is -2.90. The van der Waals surface area contributed by atoms with Crippen LogP contribution in [0.5, 0.6) is 0 Å². The first-order chi connectivity index (χ1) is 13.0. The molecule has 0 spiro atoms. The Bertz CT molecular complexity index is 975. The van der Waals surface area contributed by atoms with Gasteiger partial charge in [-0.25, -0.2) is 9.78 Å². The number of hydrogen-bond donors (Lipinski definition) is 1. The second-order valence-electron chi connectivity index (χ2n) is 5.62. The average molecular weight is 402 g/mol. The van der Waals surface area contributed by atoms with Gasteiger partial charge in [0.2, 0.25) is 5.91 Å². The van der Waals surface area contributed by atoms with E-state index in [2.05, 4.69) is 4.98 Å². The van der Waals surface area contributed by atoms with Gasteiger partial charge in [0.25, 0.3) is 0 Å². The Balaban J connectivity index is 1.71. The summed E-state index contributed by atoms with van der Waals surface area (Å²) in [5, 5.41) is 2.63. The molecule has 0 fully saturated rings. The number of anilines is 3. The van der Waals surface area contributed by atoms with Crippen LogP contribution in [-0.4, -0.2) is 16.9 Å². The fourth-order valence-electron chi connectivity index (χ4n) is 2.36. The number of nitrogens with zero attached hydrogens (tertiary/aromatic N) is 2. The van der Waals surface area contributed by atoms with Gasteiger partial charge in [-0.05, 0) is 30.3 Å². The van der Waals surface area contributed by atoms with Gasteiger partial charge in [0.15, 0.2) is 5.13 Å². The molecule has 0 bridgehead atoms. The van der Waals surface area contributed by atoms with E-state index in [1.807, 2.05) is 30.3 Å². The number of rotatable bonds is 5. The number of nitrogens with two attached hydrogens (primary N) is 1. The number of benzene rings is 2. The first kappa shape index (κ1) is 18.9. The fraction of sp³-hybridized carbons (Fsp3) is 0.105. The van der Waals surface area contributed by atoms with Crippen molar-refractivity contribution in [1.29, 1.82) is 0 Å². The summed E-state index contributed by atoms with van der Waals surface area (Å²) in [5.41, 5.74) is 7.58. The van der Waals surface area contributed by atoms with Crippen LogP contribution in [0.15, 0.2) is 53.9 Å². The highest BCUT2D eigenvalue weighted by Crippen LogP contribution is 2.29. The normalized spacial score (nSPS) is 10.4. The summed E-state index contributed by atoms with van der Waals surface area (Å²) < 4.78 is 5.27. The number of hydrogen-bond acceptors (Lipinski definition) is 6. The van der Waals surface area contributed by atoms with E-state index in [1.165, 1.54) is 29.2 Å². The van der Waals surface area contributed by atoms with Crippen molar-refractivity contribution in [3.63, 3.8) is 0 Å². The molecule has 0 saturated carbocycles. The van der Waals surface area contributed by atoms with Gasteiger partial charge >= 0.3 is 5.97 Å². The van der Waals surface area contributed by atoms with E-state index >= 15 is 0 Å². The number of thiazole rings is 1. The molecule has 0 aliphatic carbocycles. The first-order valence-electron chi connectivity index (χ1n) is 7.98. The van der Waals surface area contributed by atoms with E-state index in [1.54, 1.807) is 17.5 Å². The van der Waals surface area contributed by atoms with Crippen molar-refractivity contribution in [3.8, 4) is 0 Å². The molecule has 1 amide bonds. The Morgan fingerprint density at radius 1 is 1.22 bits per heavy atom. The smallest absolute Gasteiger partial charge is 0.338 e. The second kappa shape index (κ2) is 8.20. The third kappa shape index (κ3) is 4.45. The minimum atomic E-state index is -0.528. The van der Waals surface area contributed by atoms with Crippen LogP contribution < -0.4 is 10.6 Å². The molecule has 0 aliphatic heterocycles. The summed E-state index contributed by atoms with van der Waals surface area (Å²) >= 11 is 7.15. The number of nitrogen functional groups attached to an aromatic ring is 1. The Kier molecular flexibility index (Phi) is 5.73. The van der Waals surface area contributed by atoms with Gasteiger partial charge in [0.05, 0.1) is 27.7 Å². The van der Waals surface area contributed by atoms with Crippen molar-refractivity contribution in [2.75, 3.05) is 10.6 Å². The van der Waals surface area contributed by atoms with E-state index in [0.717, 1.165) is 5.69 Å². The predicted molar refractivity (Wildman–Crippen MR) is 106 cm³/mol. The lowest BCUT2D eigenvalue weighted by atomic mass is 10.2. The maximum absolute atomic E-state index is 12.1. The molecular weight excluding hydrogens is 386 g/mol. The summed E-state index contributed by atoms with van der Waals surface area (Å²) in [7, 11) is 0. The molecule has 2 N–H and O–H groups in total. The number of esters is 1. The van der Waals surface area contributed by atoms with Gasteiger partial charge in [-0.2, -0.15) is 0 Å². The number of carbonyl (C=O) groups is 2. The number of halogens is 1. The van der Waals surface area contributed by atoms with Crippen LogP contribution in [0.1, 0.15) is 23.0 Å². The third-order valence-corrected chi connectivity index (χ3v) is 4.86. The number of carbonyl (C=O) groups excluding carboxylic acids is 2. The maximum Gasteiger partial charge on any atom is 0.338 e. The lowest BCUT2D eigenvalue weighted by Gasteiger charge is -2.17. The molecule has 0 saturated heterocycles. The summed E-state index contributed by atoms with van der Waals surface area (Å²) in [6.07, 6.45) is 0. The second-order valence-corrected chi connectivity index (χ2v) is 6.87. The summed E-state index contributed by atoms with van der Waals surface area (Å²) in [6, 6.07) is 13.8. The van der Waals surface area contributed by atoms with Gasteiger partial charge in [0.1, 0.15) is 6.61 Å². The molecule has 0 unspecified atom stereocenters. The molecule has 27 heavy (non-hydrogen) atoms. The Morgan fingerprint density at radius 2 is 1.96 bits per heavy atom. The molecule has 6 nitrogen and oxygen atoms in total. The minimum absolute atomic E-state index is 0.0155. The zero-order valence-corrected chi connectivity index (χ0v) is 16.0. The van der Waals surface area contributed by atoms with Crippen LogP contribution in [0.2, 0.25) is 5.02 Å². The highest BCUT2D eigenvalue weighted by Gasteiger charge is 2.18. The summed E-state index contributed by atoms with van der Waals surface area (Å²) in [5.74, 6) is -0.685. The zero-order chi connectivity index (χ0) is 19.4. The van der Waals surface area contributed by atoms with Gasteiger partial charge in [-0.3, -0.25) is 9.69 Å². The topological polar surface area (TPSA) is 85.5 Å². The molecular formula is C19H16ClN3O3S. The number of para-hydroxylation sites is 1. The van der Waals surface area contributed by atoms with Crippen LogP contribution in [0.4, 0.5) is 16.5 Å². The molecule has 3 rings (SSSR count). The highest BCUT2D eigenvalue weighted by molar-refractivity contribution is 7.14. The van der Waals surface area contributed by atoms with Crippen molar-refractivity contribution >= 4 is 51.3 Å². The molecule has 2 aromatic carbocycles. The van der Waals surface area contributed by atoms with E-state index in [9.17, 15) is 9.59 Å². The molecule has 138 valence electrons. The first-order valence-corrected chi connectivity index (χ1v) is 9.24. The molecule has 1 heterocycles. The monoisotopic (exact) mass is 401 g/mol. The molecule has 0 radical (unpaired) electrons. The van der Waals surface area contributed by atoms with Crippen LogP contribution in [-0.2, 0) is 16.1 Å². The van der Waals surface area contributed by atoms with Gasteiger partial charge in [-0.15, -0.1) is 11.3 Å². The van der Waals surface area contributed by atoms with Crippen molar-refractivity contribution < 1.29 is 14.3 Å². The standard InChI is InChI=1S/C19H16ClN3O3S/c1-12(24)23(15-5-3-2-4-6-15)19-22-14(11-27-19)10-26-18(25)13-7-8-16(20)17(21)9-13/h2-9,11H,10,21H2,1H3. The van der Waals surface area contributed by atoms with Gasteiger partial charge in [0, 0.05) is 12.3 Å². The molecule has 0 aliphatic rings. The van der Waals surface area contributed by atoms with Gasteiger partial charge < -0.3 is 10.5 Å². The lowest BCUT2D eigenvalue weighted by Crippen LogP contribution is -2.22. The SMILES string of the molecule is CC(=O)N(c1ccccc1)c1nc(COC(=O)c2ccc(Cl)c(N)c2)cs1. The summed E-state index contributed by atoms with van der Waals surface area (Å²) in [4.78, 5) is 30.1. The van der Waals surface area contributed by atoms with Crippen molar-refractivity contribution in [2.45, 2.75) is 13.5 Å². The Labute approximate surface area is 165 Å². The van der Waals surface area contributed by atoms with Crippen molar-refractivity contribution in [1.82, 2.24) is 4.98 Å². The molecule has 8 heteroatoms. The number of aromatic nitrogens is 1. The van der Waals surface area contributed by atoms with Crippen LogP contribution in [0.3, 0.4) is 0 Å². The third-order valence-electron chi connectivity index (χ3n) is 3.64. The fourth-order valence-corrected chi connectivity index (χ4v) is 3.35. The van der Waals surface area contributed by atoms with Crippen LogP contribution >= 0.6 is 22.9 Å².